The van der Waals surface area contributed by atoms with Crippen LogP contribution in [-0.4, -0.2) is 14.5 Å². The van der Waals surface area contributed by atoms with Crippen molar-refractivity contribution in [1.82, 2.24) is 4.72 Å². The summed E-state index contributed by atoms with van der Waals surface area (Å²) in [6.45, 7) is 6.44. The minimum atomic E-state index is -3.37. The quantitative estimate of drug-likeness (QED) is 0.921. The Kier molecular flexibility index (Phi) is 4.02. The lowest BCUT2D eigenvalue weighted by atomic mass is 9.92. The summed E-state index contributed by atoms with van der Waals surface area (Å²) in [6, 6.07) is 7.23. The molecule has 2 rings (SSSR count). The van der Waals surface area contributed by atoms with Gasteiger partial charge in [-0.3, -0.25) is 0 Å². The molecule has 1 atom stereocenters. The van der Waals surface area contributed by atoms with E-state index in [9.17, 15) is 8.42 Å². The van der Waals surface area contributed by atoms with Crippen LogP contribution in [0, 0.1) is 5.41 Å². The van der Waals surface area contributed by atoms with Crippen molar-refractivity contribution in [3.8, 4) is 0 Å². The maximum Gasteiger partial charge on any atom is 0.240 e. The second-order valence-electron chi connectivity index (χ2n) is 6.22. The molecule has 1 aliphatic rings. The Morgan fingerprint density at radius 2 is 1.89 bits per heavy atom. The Balaban J connectivity index is 2.10. The Labute approximate surface area is 116 Å². The van der Waals surface area contributed by atoms with Gasteiger partial charge in [0.25, 0.3) is 0 Å². The standard InChI is InChI=1S/C15H23NO2S/c1-4-12-5-7-14(8-6-12)19(17,18)16-13-9-10-15(2,3)11-13/h5-8,13,16H,4,9-11H2,1-3H3. The van der Waals surface area contributed by atoms with Crippen LogP contribution in [-0.2, 0) is 16.4 Å². The molecule has 0 heterocycles. The van der Waals surface area contributed by atoms with Gasteiger partial charge in [0.05, 0.1) is 4.90 Å². The molecule has 0 amide bonds. The highest BCUT2D eigenvalue weighted by Crippen LogP contribution is 2.37. The first kappa shape index (κ1) is 14.5. The molecule has 106 valence electrons. The van der Waals surface area contributed by atoms with E-state index in [0.717, 1.165) is 31.2 Å². The zero-order chi connectivity index (χ0) is 14.1. The molecule has 19 heavy (non-hydrogen) atoms. The third kappa shape index (κ3) is 3.57. The van der Waals surface area contributed by atoms with Crippen LogP contribution in [0.3, 0.4) is 0 Å². The Morgan fingerprint density at radius 3 is 2.37 bits per heavy atom. The number of nitrogens with one attached hydrogen (secondary N) is 1. The van der Waals surface area contributed by atoms with Gasteiger partial charge in [0.15, 0.2) is 0 Å². The highest BCUT2D eigenvalue weighted by Gasteiger charge is 2.33. The van der Waals surface area contributed by atoms with E-state index in [4.69, 9.17) is 0 Å². The molecule has 4 heteroatoms. The van der Waals surface area contributed by atoms with Gasteiger partial charge in [0.2, 0.25) is 10.0 Å². The van der Waals surface area contributed by atoms with E-state index in [1.807, 2.05) is 12.1 Å². The second kappa shape index (κ2) is 5.25. The SMILES string of the molecule is CCc1ccc(S(=O)(=O)NC2CCC(C)(C)C2)cc1. The van der Waals surface area contributed by atoms with E-state index in [1.54, 1.807) is 12.1 Å². The van der Waals surface area contributed by atoms with E-state index in [-0.39, 0.29) is 11.5 Å². The van der Waals surface area contributed by atoms with Gasteiger partial charge < -0.3 is 0 Å². The Morgan fingerprint density at radius 1 is 1.26 bits per heavy atom. The fourth-order valence-corrected chi connectivity index (χ4v) is 4.00. The van der Waals surface area contributed by atoms with Crippen molar-refractivity contribution >= 4 is 10.0 Å². The molecular formula is C15H23NO2S. The van der Waals surface area contributed by atoms with E-state index in [0.29, 0.717) is 4.90 Å². The monoisotopic (exact) mass is 281 g/mol. The number of benzene rings is 1. The predicted octanol–water partition coefficient (Wildman–Crippen LogP) is 3.11. The summed E-state index contributed by atoms with van der Waals surface area (Å²) in [4.78, 5) is 0.370. The molecule has 1 saturated carbocycles. The van der Waals surface area contributed by atoms with Crippen LogP contribution >= 0.6 is 0 Å². The summed E-state index contributed by atoms with van der Waals surface area (Å²) in [5.41, 5.74) is 1.40. The zero-order valence-electron chi connectivity index (χ0n) is 11.9. The van der Waals surface area contributed by atoms with E-state index in [1.165, 1.54) is 0 Å². The van der Waals surface area contributed by atoms with Gasteiger partial charge >= 0.3 is 0 Å². The van der Waals surface area contributed by atoms with Gasteiger partial charge in [-0.1, -0.05) is 32.9 Å². The third-order valence-electron chi connectivity index (χ3n) is 3.93. The molecule has 0 bridgehead atoms. The number of hydrogen-bond acceptors (Lipinski definition) is 2. The first-order valence-electron chi connectivity index (χ1n) is 6.94. The second-order valence-corrected chi connectivity index (χ2v) is 7.94. The van der Waals surface area contributed by atoms with Gasteiger partial charge in [-0.05, 0) is 48.8 Å². The molecular weight excluding hydrogens is 258 g/mol. The number of rotatable bonds is 4. The Hall–Kier alpha value is -0.870. The summed E-state index contributed by atoms with van der Waals surface area (Å²) in [7, 11) is -3.37. The molecule has 1 aromatic rings. The van der Waals surface area contributed by atoms with Gasteiger partial charge in [-0.25, -0.2) is 13.1 Å². The van der Waals surface area contributed by atoms with E-state index >= 15 is 0 Å². The van der Waals surface area contributed by atoms with Crippen LogP contribution in [0.25, 0.3) is 0 Å². The lowest BCUT2D eigenvalue weighted by Gasteiger charge is -2.18. The zero-order valence-corrected chi connectivity index (χ0v) is 12.8. The highest BCUT2D eigenvalue weighted by molar-refractivity contribution is 7.89. The van der Waals surface area contributed by atoms with Crippen molar-refractivity contribution in [1.29, 1.82) is 0 Å². The molecule has 1 unspecified atom stereocenters. The molecule has 0 spiro atoms. The van der Waals surface area contributed by atoms with Crippen LogP contribution < -0.4 is 4.72 Å². The summed E-state index contributed by atoms with van der Waals surface area (Å²) >= 11 is 0. The predicted molar refractivity (Wildman–Crippen MR) is 77.6 cm³/mol. The van der Waals surface area contributed by atoms with Crippen molar-refractivity contribution in [3.05, 3.63) is 29.8 Å². The lowest BCUT2D eigenvalue weighted by Crippen LogP contribution is -2.33. The maximum atomic E-state index is 12.3. The average molecular weight is 281 g/mol. The normalized spacial score (nSPS) is 22.6. The number of sulfonamides is 1. The summed E-state index contributed by atoms with van der Waals surface area (Å²) < 4.78 is 27.4. The van der Waals surface area contributed by atoms with E-state index in [2.05, 4.69) is 25.5 Å². The van der Waals surface area contributed by atoms with Crippen LogP contribution in [0.5, 0.6) is 0 Å². The average Bonchev–Trinajstić information content (AvgIpc) is 2.68. The summed E-state index contributed by atoms with van der Waals surface area (Å²) in [6.07, 6.45) is 3.85. The molecule has 1 aliphatic carbocycles. The van der Waals surface area contributed by atoms with Crippen molar-refractivity contribution < 1.29 is 8.42 Å². The first-order chi connectivity index (χ1) is 8.82. The number of aryl methyl sites for hydroxylation is 1. The summed E-state index contributed by atoms with van der Waals surface area (Å²) in [5, 5.41) is 0. The van der Waals surface area contributed by atoms with Crippen LogP contribution in [0.15, 0.2) is 29.2 Å². The Bertz CT molecular complexity index is 532. The third-order valence-corrected chi connectivity index (χ3v) is 5.47. The number of hydrogen-bond donors (Lipinski definition) is 1. The van der Waals surface area contributed by atoms with Crippen LogP contribution in [0.1, 0.15) is 45.6 Å². The molecule has 0 radical (unpaired) electrons. The van der Waals surface area contributed by atoms with Crippen molar-refractivity contribution in [3.63, 3.8) is 0 Å². The van der Waals surface area contributed by atoms with Gasteiger partial charge in [0, 0.05) is 6.04 Å². The molecule has 1 aromatic carbocycles. The molecule has 3 nitrogen and oxygen atoms in total. The summed E-state index contributed by atoms with van der Waals surface area (Å²) in [5.74, 6) is 0. The van der Waals surface area contributed by atoms with Gasteiger partial charge in [0.1, 0.15) is 0 Å². The lowest BCUT2D eigenvalue weighted by molar-refractivity contribution is 0.372. The smallest absolute Gasteiger partial charge is 0.208 e. The topological polar surface area (TPSA) is 46.2 Å². The minimum Gasteiger partial charge on any atom is -0.208 e. The molecule has 0 aliphatic heterocycles. The molecule has 1 fully saturated rings. The van der Waals surface area contributed by atoms with Crippen LogP contribution in [0.4, 0.5) is 0 Å². The molecule has 1 N–H and O–H groups in total. The maximum absolute atomic E-state index is 12.3. The minimum absolute atomic E-state index is 0.0749. The van der Waals surface area contributed by atoms with Gasteiger partial charge in [-0.2, -0.15) is 0 Å². The van der Waals surface area contributed by atoms with Crippen LogP contribution in [0.2, 0.25) is 0 Å². The van der Waals surface area contributed by atoms with Gasteiger partial charge in [-0.15, -0.1) is 0 Å². The molecule has 0 aromatic heterocycles. The fourth-order valence-electron chi connectivity index (χ4n) is 2.73. The van der Waals surface area contributed by atoms with Crippen molar-refractivity contribution in [2.45, 2.75) is 57.4 Å². The first-order valence-corrected chi connectivity index (χ1v) is 8.42. The largest absolute Gasteiger partial charge is 0.240 e. The highest BCUT2D eigenvalue weighted by atomic mass is 32.2. The van der Waals surface area contributed by atoms with Crippen molar-refractivity contribution in [2.24, 2.45) is 5.41 Å². The van der Waals surface area contributed by atoms with E-state index < -0.39 is 10.0 Å². The van der Waals surface area contributed by atoms with Crippen molar-refractivity contribution in [2.75, 3.05) is 0 Å². The fraction of sp³-hybridized carbons (Fsp3) is 0.600. The molecule has 0 saturated heterocycles.